The molecule has 1 unspecified atom stereocenters. The standard InChI is InChI=1S/C15H25BrN2O/c1-11(2)19-8-7-18(4)15-10-14(16)6-5-13(15)9-12(3)17/h5-6,10-12H,7-9,17H2,1-4H3. The van der Waals surface area contributed by atoms with Gasteiger partial charge in [0.25, 0.3) is 0 Å². The molecule has 0 heterocycles. The molecule has 4 heteroatoms. The third-order valence-corrected chi connectivity index (χ3v) is 3.37. The number of halogens is 1. The van der Waals surface area contributed by atoms with Crippen molar-refractivity contribution in [2.45, 2.75) is 39.3 Å². The van der Waals surface area contributed by atoms with E-state index in [0.717, 1.165) is 24.0 Å². The van der Waals surface area contributed by atoms with Crippen molar-refractivity contribution in [3.8, 4) is 0 Å². The molecule has 3 nitrogen and oxygen atoms in total. The minimum atomic E-state index is 0.167. The van der Waals surface area contributed by atoms with E-state index in [4.69, 9.17) is 10.5 Å². The van der Waals surface area contributed by atoms with Gasteiger partial charge in [-0.25, -0.2) is 0 Å². The van der Waals surface area contributed by atoms with Crippen molar-refractivity contribution in [3.05, 3.63) is 28.2 Å². The molecular weight excluding hydrogens is 304 g/mol. The Hall–Kier alpha value is -0.580. The van der Waals surface area contributed by atoms with Crippen LogP contribution < -0.4 is 10.6 Å². The van der Waals surface area contributed by atoms with Crippen LogP contribution in [0.1, 0.15) is 26.3 Å². The molecule has 108 valence electrons. The Morgan fingerprint density at radius 1 is 1.32 bits per heavy atom. The van der Waals surface area contributed by atoms with E-state index < -0.39 is 0 Å². The Balaban J connectivity index is 2.75. The maximum Gasteiger partial charge on any atom is 0.0644 e. The minimum Gasteiger partial charge on any atom is -0.377 e. The number of hydrogen-bond acceptors (Lipinski definition) is 3. The lowest BCUT2D eigenvalue weighted by Crippen LogP contribution is -2.26. The number of nitrogens with two attached hydrogens (primary N) is 1. The van der Waals surface area contributed by atoms with Crippen LogP contribution in [0.5, 0.6) is 0 Å². The number of nitrogens with zero attached hydrogens (tertiary/aromatic N) is 1. The smallest absolute Gasteiger partial charge is 0.0644 e. The highest BCUT2D eigenvalue weighted by Gasteiger charge is 2.10. The molecule has 0 radical (unpaired) electrons. The second-order valence-electron chi connectivity index (χ2n) is 5.30. The van der Waals surface area contributed by atoms with E-state index >= 15 is 0 Å². The zero-order chi connectivity index (χ0) is 14.4. The average molecular weight is 329 g/mol. The average Bonchev–Trinajstić information content (AvgIpc) is 2.30. The zero-order valence-corrected chi connectivity index (χ0v) is 13.9. The second-order valence-corrected chi connectivity index (χ2v) is 6.21. The number of benzene rings is 1. The van der Waals surface area contributed by atoms with Crippen molar-refractivity contribution in [2.75, 3.05) is 25.1 Å². The number of ether oxygens (including phenoxy) is 1. The summed E-state index contributed by atoms with van der Waals surface area (Å²) in [7, 11) is 2.09. The van der Waals surface area contributed by atoms with Gasteiger partial charge < -0.3 is 15.4 Å². The Labute approximate surface area is 125 Å². The van der Waals surface area contributed by atoms with Crippen LogP contribution in [0.2, 0.25) is 0 Å². The molecule has 0 aliphatic rings. The fraction of sp³-hybridized carbons (Fsp3) is 0.600. The number of anilines is 1. The Morgan fingerprint density at radius 2 is 2.00 bits per heavy atom. The van der Waals surface area contributed by atoms with Crippen LogP contribution in [0.4, 0.5) is 5.69 Å². The molecule has 0 saturated carbocycles. The third kappa shape index (κ3) is 5.93. The summed E-state index contributed by atoms with van der Waals surface area (Å²) in [5.41, 5.74) is 8.42. The molecule has 0 spiro atoms. The number of rotatable bonds is 7. The molecule has 19 heavy (non-hydrogen) atoms. The molecule has 2 N–H and O–H groups in total. The second kappa shape index (κ2) is 7.88. The lowest BCUT2D eigenvalue weighted by Gasteiger charge is -2.24. The van der Waals surface area contributed by atoms with Crippen LogP contribution in [0, 0.1) is 0 Å². The molecule has 0 fully saturated rings. The van der Waals surface area contributed by atoms with Crippen LogP contribution in [0.3, 0.4) is 0 Å². The first-order valence-electron chi connectivity index (χ1n) is 6.77. The summed E-state index contributed by atoms with van der Waals surface area (Å²) in [6, 6.07) is 6.52. The van der Waals surface area contributed by atoms with Gasteiger partial charge in [-0.15, -0.1) is 0 Å². The molecule has 0 amide bonds. The quantitative estimate of drug-likeness (QED) is 0.835. The number of likely N-dealkylation sites (N-methyl/N-ethyl adjacent to an activating group) is 1. The summed E-state index contributed by atoms with van der Waals surface area (Å²) in [5.74, 6) is 0. The van der Waals surface area contributed by atoms with Crippen molar-refractivity contribution in [1.82, 2.24) is 0 Å². The molecule has 1 atom stereocenters. The van der Waals surface area contributed by atoms with E-state index in [9.17, 15) is 0 Å². The highest BCUT2D eigenvalue weighted by Crippen LogP contribution is 2.25. The summed E-state index contributed by atoms with van der Waals surface area (Å²) >= 11 is 3.53. The molecule has 0 aromatic heterocycles. The first-order valence-corrected chi connectivity index (χ1v) is 7.56. The van der Waals surface area contributed by atoms with Gasteiger partial charge in [-0.3, -0.25) is 0 Å². The van der Waals surface area contributed by atoms with Crippen LogP contribution >= 0.6 is 15.9 Å². The fourth-order valence-corrected chi connectivity index (χ4v) is 2.31. The lowest BCUT2D eigenvalue weighted by atomic mass is 10.0. The molecule has 0 aliphatic heterocycles. The molecule has 0 saturated heterocycles. The van der Waals surface area contributed by atoms with E-state index in [1.54, 1.807) is 0 Å². The van der Waals surface area contributed by atoms with E-state index in [-0.39, 0.29) is 12.1 Å². The minimum absolute atomic E-state index is 0.167. The Kier molecular flexibility index (Phi) is 6.83. The van der Waals surface area contributed by atoms with Crippen molar-refractivity contribution in [2.24, 2.45) is 5.73 Å². The normalized spacial score (nSPS) is 12.8. The summed E-state index contributed by atoms with van der Waals surface area (Å²) in [6.07, 6.45) is 1.16. The summed E-state index contributed by atoms with van der Waals surface area (Å²) in [5, 5.41) is 0. The molecule has 1 aromatic carbocycles. The van der Waals surface area contributed by atoms with Crippen LogP contribution in [0.15, 0.2) is 22.7 Å². The largest absolute Gasteiger partial charge is 0.377 e. The van der Waals surface area contributed by atoms with Gasteiger partial charge in [-0.05, 0) is 44.9 Å². The van der Waals surface area contributed by atoms with E-state index in [2.05, 4.69) is 59.9 Å². The SMILES string of the molecule is CC(N)Cc1ccc(Br)cc1N(C)CCOC(C)C. The zero-order valence-electron chi connectivity index (χ0n) is 12.3. The third-order valence-electron chi connectivity index (χ3n) is 2.88. The van der Waals surface area contributed by atoms with Crippen LogP contribution in [-0.4, -0.2) is 32.3 Å². The van der Waals surface area contributed by atoms with Gasteiger partial charge in [0, 0.05) is 29.8 Å². The van der Waals surface area contributed by atoms with Crippen molar-refractivity contribution >= 4 is 21.6 Å². The maximum atomic E-state index is 5.92. The van der Waals surface area contributed by atoms with Gasteiger partial charge in [-0.1, -0.05) is 22.0 Å². The van der Waals surface area contributed by atoms with Gasteiger partial charge in [0.05, 0.1) is 12.7 Å². The van der Waals surface area contributed by atoms with E-state index in [0.29, 0.717) is 0 Å². The van der Waals surface area contributed by atoms with Gasteiger partial charge >= 0.3 is 0 Å². The lowest BCUT2D eigenvalue weighted by molar-refractivity contribution is 0.0846. The molecule has 0 bridgehead atoms. The highest BCUT2D eigenvalue weighted by atomic mass is 79.9. The van der Waals surface area contributed by atoms with Crippen LogP contribution in [-0.2, 0) is 11.2 Å². The van der Waals surface area contributed by atoms with Gasteiger partial charge in [-0.2, -0.15) is 0 Å². The van der Waals surface area contributed by atoms with E-state index in [1.807, 2.05) is 6.92 Å². The predicted molar refractivity (Wildman–Crippen MR) is 85.9 cm³/mol. The monoisotopic (exact) mass is 328 g/mol. The summed E-state index contributed by atoms with van der Waals surface area (Å²) in [4.78, 5) is 2.23. The Bertz CT molecular complexity index is 394. The van der Waals surface area contributed by atoms with Crippen molar-refractivity contribution < 1.29 is 4.74 Å². The highest BCUT2D eigenvalue weighted by molar-refractivity contribution is 9.10. The van der Waals surface area contributed by atoms with Crippen LogP contribution in [0.25, 0.3) is 0 Å². The van der Waals surface area contributed by atoms with Gasteiger partial charge in [0.15, 0.2) is 0 Å². The van der Waals surface area contributed by atoms with Gasteiger partial charge in [0.2, 0.25) is 0 Å². The van der Waals surface area contributed by atoms with Gasteiger partial charge in [0.1, 0.15) is 0 Å². The summed E-state index contributed by atoms with van der Waals surface area (Å²) in [6.45, 7) is 7.76. The molecule has 1 aromatic rings. The molecule has 0 aliphatic carbocycles. The maximum absolute atomic E-state index is 5.92. The number of hydrogen-bond donors (Lipinski definition) is 1. The Morgan fingerprint density at radius 3 is 2.58 bits per heavy atom. The van der Waals surface area contributed by atoms with Crippen molar-refractivity contribution in [3.63, 3.8) is 0 Å². The summed E-state index contributed by atoms with van der Waals surface area (Å²) < 4.78 is 6.70. The predicted octanol–water partition coefficient (Wildman–Crippen LogP) is 3.20. The van der Waals surface area contributed by atoms with Crippen molar-refractivity contribution in [1.29, 1.82) is 0 Å². The topological polar surface area (TPSA) is 38.5 Å². The first-order chi connectivity index (χ1) is 8.90. The molecule has 1 rings (SSSR count). The molecular formula is C15H25BrN2O. The fourth-order valence-electron chi connectivity index (χ4n) is 1.96. The van der Waals surface area contributed by atoms with E-state index in [1.165, 1.54) is 11.3 Å². The first kappa shape index (κ1) is 16.5.